The van der Waals surface area contributed by atoms with Crippen LogP contribution in [-0.2, 0) is 0 Å². The first kappa shape index (κ1) is 20.9. The van der Waals surface area contributed by atoms with Crippen molar-refractivity contribution in [3.63, 3.8) is 0 Å². The van der Waals surface area contributed by atoms with Crippen molar-refractivity contribution < 1.29 is 9.66 Å². The summed E-state index contributed by atoms with van der Waals surface area (Å²) in [6.07, 6.45) is 1.30. The normalized spacial score (nSPS) is 11.5. The van der Waals surface area contributed by atoms with Crippen LogP contribution in [0, 0.1) is 10.1 Å². The number of hydrogen-bond donors (Lipinski definition) is 0. The van der Waals surface area contributed by atoms with Gasteiger partial charge in [-0.15, -0.1) is 0 Å². The third-order valence-electron chi connectivity index (χ3n) is 4.13. The predicted molar refractivity (Wildman–Crippen MR) is 115 cm³/mol. The van der Waals surface area contributed by atoms with Crippen molar-refractivity contribution in [1.29, 1.82) is 0 Å². The molecule has 0 aliphatic heterocycles. The van der Waals surface area contributed by atoms with Gasteiger partial charge in [0.2, 0.25) is 5.75 Å². The molecule has 0 aliphatic carbocycles. The molecule has 0 aliphatic rings. The first-order valence-electron chi connectivity index (χ1n) is 8.51. The topological polar surface area (TPSA) is 99.6 Å². The first-order chi connectivity index (χ1) is 13.7. The van der Waals surface area contributed by atoms with Crippen LogP contribution in [0.3, 0.4) is 0 Å². The second kappa shape index (κ2) is 8.30. The molecule has 0 bridgehead atoms. The number of hydrogen-bond acceptors (Lipinski definition) is 6. The molecule has 3 rings (SSSR count). The van der Waals surface area contributed by atoms with Gasteiger partial charge in [0.25, 0.3) is 5.56 Å². The lowest BCUT2D eigenvalue weighted by Gasteiger charge is -2.12. The lowest BCUT2D eigenvalue weighted by molar-refractivity contribution is -0.385. The minimum Gasteiger partial charge on any atom is -0.490 e. The van der Waals surface area contributed by atoms with Crippen LogP contribution in [-0.4, -0.2) is 27.9 Å². The number of methoxy groups -OCH3 is 1. The van der Waals surface area contributed by atoms with Crippen molar-refractivity contribution >= 4 is 50.3 Å². The Morgan fingerprint density at radius 1 is 1.34 bits per heavy atom. The van der Waals surface area contributed by atoms with Gasteiger partial charge < -0.3 is 4.74 Å². The Hall–Kier alpha value is -2.78. The molecule has 1 aromatic heterocycles. The highest BCUT2D eigenvalue weighted by Crippen LogP contribution is 2.33. The summed E-state index contributed by atoms with van der Waals surface area (Å²) in [7, 11) is 1.31. The zero-order valence-corrected chi connectivity index (χ0v) is 18.1. The zero-order chi connectivity index (χ0) is 21.3. The average molecular weight is 480 g/mol. The minimum atomic E-state index is -0.594. The van der Waals surface area contributed by atoms with Crippen LogP contribution in [0.1, 0.15) is 31.2 Å². The molecule has 0 fully saturated rings. The maximum Gasteiger partial charge on any atom is 0.313 e. The van der Waals surface area contributed by atoms with Gasteiger partial charge in [-0.2, -0.15) is 9.78 Å². The Morgan fingerprint density at radius 3 is 2.69 bits per heavy atom. The van der Waals surface area contributed by atoms with Crippen LogP contribution in [0.4, 0.5) is 5.69 Å². The number of nitro groups is 1. The molecule has 0 spiro atoms. The number of aromatic nitrogens is 2. The number of fused-ring (bicyclic) bond motifs is 1. The summed E-state index contributed by atoms with van der Waals surface area (Å²) < 4.78 is 7.10. The third-order valence-corrected chi connectivity index (χ3v) is 4.84. The first-order valence-corrected chi connectivity index (χ1v) is 9.68. The van der Waals surface area contributed by atoms with E-state index < -0.39 is 4.92 Å². The summed E-state index contributed by atoms with van der Waals surface area (Å²) in [5.41, 5.74) is 0.178. The van der Waals surface area contributed by atoms with Crippen LogP contribution in [0.2, 0.25) is 5.02 Å². The number of ether oxygens (including phenoxy) is 1. The standard InChI is InChI=1S/C19H16BrClN4O4/c1-10(2)18-23-15-5-4-12(20)7-14(15)19(26)24(18)22-9-11-6-13(21)8-16(25(27)28)17(11)29-3/h4-10H,1-3H3. The predicted octanol–water partition coefficient (Wildman–Crippen LogP) is 4.73. The second-order valence-corrected chi connectivity index (χ2v) is 7.80. The molecule has 10 heteroatoms. The van der Waals surface area contributed by atoms with Crippen LogP contribution in [0.25, 0.3) is 10.9 Å². The molecule has 1 heterocycles. The van der Waals surface area contributed by atoms with E-state index >= 15 is 0 Å². The van der Waals surface area contributed by atoms with E-state index in [2.05, 4.69) is 26.0 Å². The summed E-state index contributed by atoms with van der Waals surface area (Å²) in [5, 5.41) is 16.1. The lowest BCUT2D eigenvalue weighted by atomic mass is 10.2. The molecule has 0 amide bonds. The van der Waals surface area contributed by atoms with Gasteiger partial charge in [0.1, 0.15) is 5.82 Å². The van der Waals surface area contributed by atoms with E-state index in [1.807, 2.05) is 19.9 Å². The Kier molecular flexibility index (Phi) is 5.99. The van der Waals surface area contributed by atoms with E-state index in [9.17, 15) is 14.9 Å². The van der Waals surface area contributed by atoms with Gasteiger partial charge in [0.15, 0.2) is 0 Å². The van der Waals surface area contributed by atoms with Crippen molar-refractivity contribution in [1.82, 2.24) is 9.66 Å². The molecule has 0 atom stereocenters. The number of halogens is 2. The van der Waals surface area contributed by atoms with E-state index in [4.69, 9.17) is 16.3 Å². The van der Waals surface area contributed by atoms with Crippen LogP contribution < -0.4 is 10.3 Å². The molecular weight excluding hydrogens is 464 g/mol. The Labute approximate surface area is 179 Å². The van der Waals surface area contributed by atoms with Gasteiger partial charge in [-0.1, -0.05) is 41.4 Å². The van der Waals surface area contributed by atoms with E-state index in [-0.39, 0.29) is 33.5 Å². The Morgan fingerprint density at radius 2 is 2.07 bits per heavy atom. The molecule has 2 aromatic carbocycles. The van der Waals surface area contributed by atoms with Crippen molar-refractivity contribution in [2.75, 3.05) is 7.11 Å². The summed E-state index contributed by atoms with van der Waals surface area (Å²) >= 11 is 9.36. The number of benzene rings is 2. The van der Waals surface area contributed by atoms with E-state index in [0.717, 1.165) is 4.47 Å². The largest absolute Gasteiger partial charge is 0.490 e. The molecule has 0 unspecified atom stereocenters. The van der Waals surface area contributed by atoms with Crippen molar-refractivity contribution in [3.8, 4) is 5.75 Å². The monoisotopic (exact) mass is 478 g/mol. The average Bonchev–Trinajstić information content (AvgIpc) is 2.66. The van der Waals surface area contributed by atoms with Crippen molar-refractivity contribution in [2.24, 2.45) is 5.10 Å². The van der Waals surface area contributed by atoms with Gasteiger partial charge >= 0.3 is 5.69 Å². The van der Waals surface area contributed by atoms with Gasteiger partial charge in [-0.3, -0.25) is 14.9 Å². The van der Waals surface area contributed by atoms with Crippen LogP contribution in [0.5, 0.6) is 5.75 Å². The van der Waals surface area contributed by atoms with Crippen molar-refractivity contribution in [2.45, 2.75) is 19.8 Å². The molecular formula is C19H16BrClN4O4. The fourth-order valence-electron chi connectivity index (χ4n) is 2.82. The molecule has 150 valence electrons. The highest BCUT2D eigenvalue weighted by molar-refractivity contribution is 9.10. The van der Waals surface area contributed by atoms with Gasteiger partial charge in [0.05, 0.1) is 29.2 Å². The van der Waals surface area contributed by atoms with Crippen molar-refractivity contribution in [3.05, 3.63) is 71.7 Å². The SMILES string of the molecule is COc1c(C=Nn2c(C(C)C)nc3ccc(Br)cc3c2=O)cc(Cl)cc1[N+](=O)[O-]. The van der Waals surface area contributed by atoms with Gasteiger partial charge in [-0.25, -0.2) is 4.98 Å². The van der Waals surface area contributed by atoms with E-state index in [1.54, 1.807) is 12.1 Å². The maximum atomic E-state index is 13.0. The number of nitrogens with zero attached hydrogens (tertiary/aromatic N) is 4. The smallest absolute Gasteiger partial charge is 0.313 e. The number of rotatable bonds is 5. The second-order valence-electron chi connectivity index (χ2n) is 6.45. The number of nitro benzene ring substituents is 1. The molecule has 8 nitrogen and oxygen atoms in total. The summed E-state index contributed by atoms with van der Waals surface area (Å²) in [5.74, 6) is 0.360. The maximum absolute atomic E-state index is 13.0. The zero-order valence-electron chi connectivity index (χ0n) is 15.7. The molecule has 0 N–H and O–H groups in total. The van der Waals surface area contributed by atoms with Crippen LogP contribution in [0.15, 0.2) is 44.7 Å². The third kappa shape index (κ3) is 4.15. The summed E-state index contributed by atoms with van der Waals surface area (Å²) in [6, 6.07) is 7.90. The molecule has 0 radical (unpaired) electrons. The minimum absolute atomic E-state index is 0.00112. The fourth-order valence-corrected chi connectivity index (χ4v) is 3.41. The van der Waals surface area contributed by atoms with Crippen LogP contribution >= 0.6 is 27.5 Å². The molecule has 0 saturated carbocycles. The summed E-state index contributed by atoms with van der Waals surface area (Å²) in [4.78, 5) is 28.3. The van der Waals surface area contributed by atoms with E-state index in [1.165, 1.54) is 30.1 Å². The highest BCUT2D eigenvalue weighted by Gasteiger charge is 2.20. The Bertz CT molecular complexity index is 1210. The molecule has 0 saturated heterocycles. The lowest BCUT2D eigenvalue weighted by Crippen LogP contribution is -2.23. The quantitative estimate of drug-likeness (QED) is 0.299. The fraction of sp³-hybridized carbons (Fsp3) is 0.211. The van der Waals surface area contributed by atoms with E-state index in [0.29, 0.717) is 16.7 Å². The highest BCUT2D eigenvalue weighted by atomic mass is 79.9. The Balaban J connectivity index is 2.24. The summed E-state index contributed by atoms with van der Waals surface area (Å²) in [6.45, 7) is 3.78. The van der Waals surface area contributed by atoms with Gasteiger partial charge in [0, 0.05) is 27.0 Å². The molecule has 29 heavy (non-hydrogen) atoms. The molecule has 3 aromatic rings. The van der Waals surface area contributed by atoms with Gasteiger partial charge in [-0.05, 0) is 24.3 Å².